The van der Waals surface area contributed by atoms with Gasteiger partial charge in [0.25, 0.3) is 0 Å². The molecule has 2 rings (SSSR count). The Bertz CT molecular complexity index is 681. The molecule has 0 atom stereocenters. The van der Waals surface area contributed by atoms with Crippen molar-refractivity contribution in [2.75, 3.05) is 17.2 Å². The van der Waals surface area contributed by atoms with E-state index in [0.717, 1.165) is 5.76 Å². The summed E-state index contributed by atoms with van der Waals surface area (Å²) >= 11 is 0. The van der Waals surface area contributed by atoms with Crippen LogP contribution in [0.2, 0.25) is 0 Å². The van der Waals surface area contributed by atoms with Crippen LogP contribution in [0, 0.1) is 0 Å². The normalized spacial score (nSPS) is 11.5. The molecule has 0 spiro atoms. The van der Waals surface area contributed by atoms with E-state index >= 15 is 0 Å². The fraction of sp³-hybridized carbons (Fsp3) is 0.231. The van der Waals surface area contributed by atoms with Gasteiger partial charge in [0.15, 0.2) is 0 Å². The molecule has 0 unspecified atom stereocenters. The number of nitrogen functional groups attached to an aromatic ring is 1. The van der Waals surface area contributed by atoms with Crippen LogP contribution >= 0.6 is 0 Å². The quantitative estimate of drug-likeness (QED) is 0.814. The van der Waals surface area contributed by atoms with Gasteiger partial charge in [0.2, 0.25) is 10.0 Å². The summed E-state index contributed by atoms with van der Waals surface area (Å²) in [5.74, 6) is 0.740. The number of nitrogens with zero attached hydrogens (tertiary/aromatic N) is 1. The van der Waals surface area contributed by atoms with E-state index in [2.05, 4.69) is 0 Å². The zero-order chi connectivity index (χ0) is 14.8. The van der Waals surface area contributed by atoms with Gasteiger partial charge in [-0.2, -0.15) is 0 Å². The number of benzene rings is 1. The van der Waals surface area contributed by atoms with Crippen LogP contribution in [-0.2, 0) is 16.6 Å². The molecule has 20 heavy (non-hydrogen) atoms. The molecule has 6 nitrogen and oxygen atoms in total. The average Bonchev–Trinajstić information content (AvgIpc) is 2.88. The lowest BCUT2D eigenvalue weighted by atomic mass is 10.2. The second-order valence-corrected chi connectivity index (χ2v) is 5.90. The highest BCUT2D eigenvalue weighted by Gasteiger charge is 2.19. The topological polar surface area (TPSA) is 103 Å². The van der Waals surface area contributed by atoms with E-state index in [1.807, 2.05) is 17.9 Å². The van der Waals surface area contributed by atoms with Gasteiger partial charge >= 0.3 is 0 Å². The Balaban J connectivity index is 2.44. The molecule has 0 radical (unpaired) electrons. The maximum Gasteiger partial charge on any atom is 0.240 e. The monoisotopic (exact) mass is 295 g/mol. The highest BCUT2D eigenvalue weighted by Crippen LogP contribution is 2.27. The number of furan rings is 1. The third kappa shape index (κ3) is 3.12. The van der Waals surface area contributed by atoms with Crippen LogP contribution in [0.15, 0.2) is 45.9 Å². The minimum Gasteiger partial charge on any atom is -0.467 e. The van der Waals surface area contributed by atoms with Crippen molar-refractivity contribution in [1.29, 1.82) is 0 Å². The Kier molecular flexibility index (Phi) is 4.01. The molecule has 0 aliphatic heterocycles. The molecule has 1 aromatic heterocycles. The second kappa shape index (κ2) is 5.56. The lowest BCUT2D eigenvalue weighted by Crippen LogP contribution is -2.25. The summed E-state index contributed by atoms with van der Waals surface area (Å²) in [5.41, 5.74) is 6.51. The Labute approximate surface area is 118 Å². The van der Waals surface area contributed by atoms with Crippen LogP contribution in [-0.4, -0.2) is 15.0 Å². The summed E-state index contributed by atoms with van der Waals surface area (Å²) in [7, 11) is -3.84. The van der Waals surface area contributed by atoms with Gasteiger partial charge in [-0.3, -0.25) is 0 Å². The van der Waals surface area contributed by atoms with Crippen LogP contribution in [0.3, 0.4) is 0 Å². The molecule has 108 valence electrons. The van der Waals surface area contributed by atoms with Crippen molar-refractivity contribution in [2.45, 2.75) is 18.4 Å². The molecule has 0 aliphatic carbocycles. The van der Waals surface area contributed by atoms with Crippen molar-refractivity contribution in [3.05, 3.63) is 42.4 Å². The van der Waals surface area contributed by atoms with Crippen molar-refractivity contribution in [3.63, 3.8) is 0 Å². The number of primary sulfonamides is 1. The SMILES string of the molecule is CCN(Cc1ccco1)c1ccc(N)cc1S(N)(=O)=O. The van der Waals surface area contributed by atoms with Gasteiger partial charge in [0.05, 0.1) is 18.5 Å². The largest absolute Gasteiger partial charge is 0.467 e. The fourth-order valence-corrected chi connectivity index (χ4v) is 2.77. The molecule has 1 aromatic carbocycles. The summed E-state index contributed by atoms with van der Waals surface area (Å²) in [6.45, 7) is 2.98. The Morgan fingerprint density at radius 2 is 2.05 bits per heavy atom. The van der Waals surface area contributed by atoms with E-state index in [-0.39, 0.29) is 4.90 Å². The van der Waals surface area contributed by atoms with Crippen molar-refractivity contribution < 1.29 is 12.8 Å². The zero-order valence-electron chi connectivity index (χ0n) is 11.1. The van der Waals surface area contributed by atoms with Gasteiger partial charge < -0.3 is 15.1 Å². The van der Waals surface area contributed by atoms with Crippen LogP contribution in [0.1, 0.15) is 12.7 Å². The van der Waals surface area contributed by atoms with Crippen LogP contribution in [0.4, 0.5) is 11.4 Å². The number of hydrogen-bond acceptors (Lipinski definition) is 5. The highest BCUT2D eigenvalue weighted by atomic mass is 32.2. The first-order chi connectivity index (χ1) is 9.41. The third-order valence-electron chi connectivity index (χ3n) is 2.94. The fourth-order valence-electron chi connectivity index (χ4n) is 1.98. The van der Waals surface area contributed by atoms with Crippen molar-refractivity contribution in [2.24, 2.45) is 5.14 Å². The van der Waals surface area contributed by atoms with Crippen LogP contribution < -0.4 is 15.8 Å². The third-order valence-corrected chi connectivity index (χ3v) is 3.88. The Morgan fingerprint density at radius 3 is 2.60 bits per heavy atom. The first-order valence-corrected chi connectivity index (χ1v) is 7.66. The molecule has 0 saturated heterocycles. The minimum absolute atomic E-state index is 0.0194. The van der Waals surface area contributed by atoms with Gasteiger partial charge in [0.1, 0.15) is 10.7 Å². The smallest absolute Gasteiger partial charge is 0.240 e. The van der Waals surface area contributed by atoms with Crippen molar-refractivity contribution >= 4 is 21.4 Å². The number of sulfonamides is 1. The predicted octanol–water partition coefficient (Wildman–Crippen LogP) is 1.54. The molecule has 2 aromatic rings. The molecule has 4 N–H and O–H groups in total. The molecular weight excluding hydrogens is 278 g/mol. The zero-order valence-corrected chi connectivity index (χ0v) is 11.9. The van der Waals surface area contributed by atoms with E-state index in [1.54, 1.807) is 24.5 Å². The average molecular weight is 295 g/mol. The minimum atomic E-state index is -3.84. The molecule has 0 amide bonds. The summed E-state index contributed by atoms with van der Waals surface area (Å²) < 4.78 is 28.7. The van der Waals surface area contributed by atoms with Gasteiger partial charge in [-0.05, 0) is 37.3 Å². The summed E-state index contributed by atoms with van der Waals surface area (Å²) in [6, 6.07) is 8.29. The Hall–Kier alpha value is -1.99. The number of rotatable bonds is 5. The van der Waals surface area contributed by atoms with Gasteiger partial charge in [-0.1, -0.05) is 0 Å². The number of nitrogens with two attached hydrogens (primary N) is 2. The summed E-state index contributed by atoms with van der Waals surface area (Å²) in [6.07, 6.45) is 1.58. The first kappa shape index (κ1) is 14.4. The highest BCUT2D eigenvalue weighted by molar-refractivity contribution is 7.89. The van der Waals surface area contributed by atoms with E-state index < -0.39 is 10.0 Å². The Morgan fingerprint density at radius 1 is 1.30 bits per heavy atom. The molecule has 0 bridgehead atoms. The van der Waals surface area contributed by atoms with E-state index in [1.165, 1.54) is 6.07 Å². The lowest BCUT2D eigenvalue weighted by Gasteiger charge is -2.24. The van der Waals surface area contributed by atoms with Gasteiger partial charge in [-0.15, -0.1) is 0 Å². The number of anilines is 2. The second-order valence-electron chi connectivity index (χ2n) is 4.37. The molecule has 0 fully saturated rings. The molecule has 0 aliphatic rings. The van der Waals surface area contributed by atoms with E-state index in [4.69, 9.17) is 15.3 Å². The molecule has 7 heteroatoms. The van der Waals surface area contributed by atoms with E-state index in [0.29, 0.717) is 24.5 Å². The maximum atomic E-state index is 11.7. The maximum absolute atomic E-state index is 11.7. The van der Waals surface area contributed by atoms with E-state index in [9.17, 15) is 8.42 Å². The van der Waals surface area contributed by atoms with Crippen molar-refractivity contribution in [3.8, 4) is 0 Å². The van der Waals surface area contributed by atoms with Crippen LogP contribution in [0.25, 0.3) is 0 Å². The lowest BCUT2D eigenvalue weighted by molar-refractivity contribution is 0.503. The number of hydrogen-bond donors (Lipinski definition) is 2. The predicted molar refractivity (Wildman–Crippen MR) is 77.7 cm³/mol. The molecule has 0 saturated carbocycles. The first-order valence-electron chi connectivity index (χ1n) is 6.11. The summed E-state index contributed by atoms with van der Waals surface area (Å²) in [5, 5.41) is 5.26. The molecular formula is C13H17N3O3S. The molecule has 1 heterocycles. The summed E-state index contributed by atoms with van der Waals surface area (Å²) in [4.78, 5) is 1.88. The standard InChI is InChI=1S/C13H17N3O3S/c1-2-16(9-11-4-3-7-19-11)12-6-5-10(14)8-13(12)20(15,17)18/h3-8H,2,9,14H2,1H3,(H2,15,17,18). The van der Waals surface area contributed by atoms with Gasteiger partial charge in [0, 0.05) is 12.2 Å². The van der Waals surface area contributed by atoms with Gasteiger partial charge in [-0.25, -0.2) is 13.6 Å². The van der Waals surface area contributed by atoms with Crippen LogP contribution in [0.5, 0.6) is 0 Å². The van der Waals surface area contributed by atoms with Crippen molar-refractivity contribution in [1.82, 2.24) is 0 Å².